The minimum absolute atomic E-state index is 0.710. The lowest BCUT2D eigenvalue weighted by Crippen LogP contribution is -2.36. The van der Waals surface area contributed by atoms with Crippen molar-refractivity contribution in [3.05, 3.63) is 38.0 Å². The fourth-order valence-corrected chi connectivity index (χ4v) is 3.16. The number of nitrogens with one attached hydrogen (secondary N) is 2. The van der Waals surface area contributed by atoms with Gasteiger partial charge in [-0.2, -0.15) is 0 Å². The lowest BCUT2D eigenvalue weighted by atomic mass is 10.4. The van der Waals surface area contributed by atoms with Crippen molar-refractivity contribution in [3.8, 4) is 0 Å². The summed E-state index contributed by atoms with van der Waals surface area (Å²) in [6.07, 6.45) is 0. The van der Waals surface area contributed by atoms with E-state index >= 15 is 0 Å². The molecular formula is C13H18N4S2. The zero-order valence-electron chi connectivity index (χ0n) is 11.4. The molecule has 102 valence electrons. The van der Waals surface area contributed by atoms with Gasteiger partial charge in [0.2, 0.25) is 0 Å². The van der Waals surface area contributed by atoms with Gasteiger partial charge < -0.3 is 10.6 Å². The fraction of sp³-hybridized carbons (Fsp3) is 0.385. The largest absolute Gasteiger partial charge is 0.352 e. The van der Waals surface area contributed by atoms with Crippen molar-refractivity contribution >= 4 is 28.6 Å². The number of aryl methyl sites for hydroxylation is 2. The number of aliphatic imine (C=N–C) groups is 1. The molecule has 4 nitrogen and oxygen atoms in total. The molecule has 19 heavy (non-hydrogen) atoms. The molecule has 0 aliphatic heterocycles. The Morgan fingerprint density at radius 1 is 1.26 bits per heavy atom. The van der Waals surface area contributed by atoms with E-state index in [9.17, 15) is 0 Å². The molecule has 0 amide bonds. The van der Waals surface area contributed by atoms with Gasteiger partial charge in [-0.25, -0.2) is 4.98 Å². The summed E-state index contributed by atoms with van der Waals surface area (Å²) in [7, 11) is 1.78. The monoisotopic (exact) mass is 294 g/mol. The fourth-order valence-electron chi connectivity index (χ4n) is 1.61. The Morgan fingerprint density at radius 2 is 2.05 bits per heavy atom. The van der Waals surface area contributed by atoms with E-state index < -0.39 is 0 Å². The Balaban J connectivity index is 1.80. The van der Waals surface area contributed by atoms with Crippen molar-refractivity contribution < 1.29 is 0 Å². The molecule has 0 saturated carbocycles. The number of thiazole rings is 1. The number of thiophene rings is 1. The van der Waals surface area contributed by atoms with E-state index in [2.05, 4.69) is 45.0 Å². The Hall–Kier alpha value is -1.40. The smallest absolute Gasteiger partial charge is 0.191 e. The highest BCUT2D eigenvalue weighted by molar-refractivity contribution is 7.11. The molecule has 0 fully saturated rings. The van der Waals surface area contributed by atoms with Crippen LogP contribution < -0.4 is 10.6 Å². The first kappa shape index (κ1) is 14.0. The van der Waals surface area contributed by atoms with Crippen LogP contribution in [0, 0.1) is 13.8 Å². The second-order valence-corrected chi connectivity index (χ2v) is 6.49. The summed E-state index contributed by atoms with van der Waals surface area (Å²) in [5, 5.41) is 9.70. The van der Waals surface area contributed by atoms with E-state index in [4.69, 9.17) is 0 Å². The minimum atomic E-state index is 0.710. The lowest BCUT2D eigenvalue weighted by Gasteiger charge is -2.09. The van der Waals surface area contributed by atoms with E-state index in [1.54, 1.807) is 29.7 Å². The van der Waals surface area contributed by atoms with Gasteiger partial charge in [0.05, 0.1) is 13.1 Å². The molecule has 0 atom stereocenters. The number of hydrogen-bond acceptors (Lipinski definition) is 4. The van der Waals surface area contributed by atoms with Crippen LogP contribution in [0.1, 0.15) is 20.5 Å². The van der Waals surface area contributed by atoms with E-state index in [1.165, 1.54) is 9.75 Å². The number of guanidine groups is 1. The van der Waals surface area contributed by atoms with Crippen LogP contribution in [0.4, 0.5) is 0 Å². The molecule has 2 aromatic rings. The SMILES string of the molecule is CN=C(NCc1ccc(C)s1)NCc1nc(C)cs1. The quantitative estimate of drug-likeness (QED) is 0.673. The van der Waals surface area contributed by atoms with Crippen LogP contribution in [0.5, 0.6) is 0 Å². The van der Waals surface area contributed by atoms with Crippen molar-refractivity contribution in [2.75, 3.05) is 7.05 Å². The molecule has 6 heteroatoms. The lowest BCUT2D eigenvalue weighted by molar-refractivity contribution is 0.809. The average molecular weight is 294 g/mol. The van der Waals surface area contributed by atoms with Crippen molar-refractivity contribution in [2.45, 2.75) is 26.9 Å². The maximum Gasteiger partial charge on any atom is 0.191 e. The molecule has 0 aliphatic carbocycles. The summed E-state index contributed by atoms with van der Waals surface area (Å²) < 4.78 is 0. The van der Waals surface area contributed by atoms with Gasteiger partial charge in [-0.15, -0.1) is 22.7 Å². The van der Waals surface area contributed by atoms with Gasteiger partial charge in [0.25, 0.3) is 0 Å². The Bertz CT molecular complexity index is 510. The van der Waals surface area contributed by atoms with Crippen molar-refractivity contribution in [1.29, 1.82) is 0 Å². The number of nitrogens with zero attached hydrogens (tertiary/aromatic N) is 2. The van der Waals surface area contributed by atoms with Crippen LogP contribution in [0.15, 0.2) is 22.5 Å². The number of rotatable bonds is 4. The molecule has 2 N–H and O–H groups in total. The van der Waals surface area contributed by atoms with E-state index in [1.807, 2.05) is 6.92 Å². The molecule has 0 unspecified atom stereocenters. The molecule has 0 aliphatic rings. The van der Waals surface area contributed by atoms with Crippen molar-refractivity contribution in [2.24, 2.45) is 4.99 Å². The first-order valence-electron chi connectivity index (χ1n) is 6.08. The van der Waals surface area contributed by atoms with E-state index in [0.29, 0.717) is 6.54 Å². The van der Waals surface area contributed by atoms with Crippen molar-refractivity contribution in [1.82, 2.24) is 15.6 Å². The minimum Gasteiger partial charge on any atom is -0.352 e. The number of hydrogen-bond donors (Lipinski definition) is 2. The maximum absolute atomic E-state index is 4.41. The molecule has 2 rings (SSSR count). The standard InChI is InChI=1S/C13H18N4S2/c1-9-8-18-12(17-9)7-16-13(14-3)15-6-11-5-4-10(2)19-11/h4-5,8H,6-7H2,1-3H3,(H2,14,15,16). The van der Waals surface area contributed by atoms with Crippen molar-refractivity contribution in [3.63, 3.8) is 0 Å². The Kier molecular flexibility index (Phi) is 4.93. The van der Waals surface area contributed by atoms with Gasteiger partial charge in [-0.3, -0.25) is 4.99 Å². The summed E-state index contributed by atoms with van der Waals surface area (Å²) in [6, 6.07) is 4.28. The van der Waals surface area contributed by atoms with E-state index in [-0.39, 0.29) is 0 Å². The summed E-state index contributed by atoms with van der Waals surface area (Å²) in [6.45, 7) is 5.63. The molecule has 2 aromatic heterocycles. The normalized spacial score (nSPS) is 11.6. The first-order valence-corrected chi connectivity index (χ1v) is 7.78. The third-order valence-corrected chi connectivity index (χ3v) is 4.49. The molecule has 2 heterocycles. The molecule has 0 saturated heterocycles. The van der Waals surface area contributed by atoms with Crippen LogP contribution in [0.3, 0.4) is 0 Å². The van der Waals surface area contributed by atoms with Crippen LogP contribution in [-0.2, 0) is 13.1 Å². The zero-order chi connectivity index (χ0) is 13.7. The van der Waals surface area contributed by atoms with Gasteiger partial charge in [0.15, 0.2) is 5.96 Å². The second-order valence-electron chi connectivity index (χ2n) is 4.17. The molecule has 0 radical (unpaired) electrons. The average Bonchev–Trinajstić information content (AvgIpc) is 2.99. The van der Waals surface area contributed by atoms with Crippen LogP contribution in [-0.4, -0.2) is 18.0 Å². The Labute approximate surface area is 121 Å². The predicted octanol–water partition coefficient (Wildman–Crippen LogP) is 2.69. The second kappa shape index (κ2) is 6.68. The molecule has 0 spiro atoms. The maximum atomic E-state index is 4.41. The molecular weight excluding hydrogens is 276 g/mol. The zero-order valence-corrected chi connectivity index (χ0v) is 13.0. The third kappa shape index (κ3) is 4.33. The Morgan fingerprint density at radius 3 is 2.63 bits per heavy atom. The van der Waals surface area contributed by atoms with E-state index in [0.717, 1.165) is 23.2 Å². The highest BCUT2D eigenvalue weighted by Gasteiger charge is 2.02. The van der Waals surface area contributed by atoms with Crippen LogP contribution in [0.2, 0.25) is 0 Å². The molecule has 0 bridgehead atoms. The summed E-state index contributed by atoms with van der Waals surface area (Å²) >= 11 is 3.47. The summed E-state index contributed by atoms with van der Waals surface area (Å²) in [5.41, 5.74) is 1.07. The highest BCUT2D eigenvalue weighted by Crippen LogP contribution is 2.14. The molecule has 0 aromatic carbocycles. The van der Waals surface area contributed by atoms with Gasteiger partial charge in [-0.05, 0) is 26.0 Å². The first-order chi connectivity index (χ1) is 9.17. The third-order valence-electron chi connectivity index (χ3n) is 2.52. The van der Waals surface area contributed by atoms with Crippen LogP contribution in [0.25, 0.3) is 0 Å². The summed E-state index contributed by atoms with van der Waals surface area (Å²) in [4.78, 5) is 11.3. The summed E-state index contributed by atoms with van der Waals surface area (Å²) in [5.74, 6) is 0.805. The van der Waals surface area contributed by atoms with Gasteiger partial charge in [-0.1, -0.05) is 0 Å². The van der Waals surface area contributed by atoms with Gasteiger partial charge in [0, 0.05) is 27.9 Å². The van der Waals surface area contributed by atoms with Crippen LogP contribution >= 0.6 is 22.7 Å². The highest BCUT2D eigenvalue weighted by atomic mass is 32.1. The van der Waals surface area contributed by atoms with Gasteiger partial charge >= 0.3 is 0 Å². The topological polar surface area (TPSA) is 49.3 Å². The van der Waals surface area contributed by atoms with Gasteiger partial charge in [0.1, 0.15) is 5.01 Å². The number of aromatic nitrogens is 1. The predicted molar refractivity (Wildman–Crippen MR) is 82.9 cm³/mol.